The number of rotatable bonds is 3. The Balaban J connectivity index is 0.00000312. The molecule has 0 aromatic heterocycles. The third-order valence-corrected chi connectivity index (χ3v) is 3.13. The summed E-state index contributed by atoms with van der Waals surface area (Å²) in [5.74, 6) is -1.46. The molecule has 2 rings (SSSR count). The molecule has 0 heterocycles. The molecular weight excluding hydrogens is 379 g/mol. The monoisotopic (exact) mass is 389 g/mol. The Morgan fingerprint density at radius 2 is 1.44 bits per heavy atom. The maximum absolute atomic E-state index is 13.3. The molecule has 25 heavy (non-hydrogen) atoms. The van der Waals surface area contributed by atoms with Crippen LogP contribution in [0.2, 0.25) is 0 Å². The van der Waals surface area contributed by atoms with Crippen molar-refractivity contribution < 1.29 is 35.5 Å². The van der Waals surface area contributed by atoms with Gasteiger partial charge in [0.05, 0.1) is 11.6 Å². The van der Waals surface area contributed by atoms with Crippen LogP contribution in [0.15, 0.2) is 42.5 Å². The van der Waals surface area contributed by atoms with Gasteiger partial charge in [-0.15, -0.1) is 25.6 Å². The van der Waals surface area contributed by atoms with E-state index >= 15 is 0 Å². The van der Waals surface area contributed by atoms with Crippen molar-refractivity contribution in [2.24, 2.45) is 5.73 Å². The van der Waals surface area contributed by atoms with Gasteiger partial charge in [0.25, 0.3) is 0 Å². The molecule has 0 amide bonds. The maximum atomic E-state index is 13.3. The quantitative estimate of drug-likeness (QED) is 0.731. The second-order valence-corrected chi connectivity index (χ2v) is 4.82. The summed E-state index contributed by atoms with van der Waals surface area (Å²) < 4.78 is 92.1. The van der Waals surface area contributed by atoms with Gasteiger partial charge < -0.3 is 10.5 Å². The molecule has 2 N–H and O–H groups in total. The standard InChI is InChI=1S/C15H10F7NO.ClH/c16-9-3-6-12(14(17,18)19)11(7-9)13(23)8-1-4-10(5-2-8)24-15(20,21)22;/h1-7,13H,23H2;1H/t13-;/m0./s1. The van der Waals surface area contributed by atoms with Crippen LogP contribution in [0, 0.1) is 5.82 Å². The van der Waals surface area contributed by atoms with Crippen LogP contribution < -0.4 is 10.5 Å². The smallest absolute Gasteiger partial charge is 0.406 e. The number of hydrogen-bond acceptors (Lipinski definition) is 2. The predicted molar refractivity (Wildman–Crippen MR) is 77.8 cm³/mol. The molecule has 0 saturated carbocycles. The molecule has 0 spiro atoms. The van der Waals surface area contributed by atoms with E-state index < -0.39 is 41.3 Å². The van der Waals surface area contributed by atoms with Crippen molar-refractivity contribution in [2.45, 2.75) is 18.6 Å². The second-order valence-electron chi connectivity index (χ2n) is 4.82. The molecule has 0 fully saturated rings. The van der Waals surface area contributed by atoms with Crippen LogP contribution in [0.3, 0.4) is 0 Å². The van der Waals surface area contributed by atoms with Gasteiger partial charge in [0, 0.05) is 0 Å². The Morgan fingerprint density at radius 3 is 1.92 bits per heavy atom. The lowest BCUT2D eigenvalue weighted by Crippen LogP contribution is -2.19. The van der Waals surface area contributed by atoms with Gasteiger partial charge in [-0.2, -0.15) is 13.2 Å². The van der Waals surface area contributed by atoms with E-state index in [4.69, 9.17) is 5.73 Å². The average molecular weight is 390 g/mol. The van der Waals surface area contributed by atoms with Gasteiger partial charge >= 0.3 is 12.5 Å². The first-order chi connectivity index (χ1) is 11.0. The molecule has 0 aliphatic rings. The molecule has 0 radical (unpaired) electrons. The molecule has 1 atom stereocenters. The minimum absolute atomic E-state index is 0. The largest absolute Gasteiger partial charge is 0.573 e. The molecule has 0 aliphatic heterocycles. The van der Waals surface area contributed by atoms with E-state index in [9.17, 15) is 30.7 Å². The molecule has 138 valence electrons. The van der Waals surface area contributed by atoms with Crippen molar-refractivity contribution in [3.8, 4) is 5.75 Å². The van der Waals surface area contributed by atoms with Crippen LogP contribution in [-0.2, 0) is 6.18 Å². The fourth-order valence-corrected chi connectivity index (χ4v) is 2.11. The zero-order valence-electron chi connectivity index (χ0n) is 12.2. The van der Waals surface area contributed by atoms with E-state index in [1.165, 1.54) is 0 Å². The third-order valence-electron chi connectivity index (χ3n) is 3.13. The lowest BCUT2D eigenvalue weighted by molar-refractivity contribution is -0.274. The van der Waals surface area contributed by atoms with Crippen molar-refractivity contribution in [2.75, 3.05) is 0 Å². The van der Waals surface area contributed by atoms with Gasteiger partial charge in [0.2, 0.25) is 0 Å². The Labute approximate surface area is 143 Å². The first kappa shape index (κ1) is 21.0. The van der Waals surface area contributed by atoms with Crippen molar-refractivity contribution >= 4 is 12.4 Å². The van der Waals surface area contributed by atoms with E-state index in [2.05, 4.69) is 4.74 Å². The summed E-state index contributed by atoms with van der Waals surface area (Å²) in [6.45, 7) is 0. The van der Waals surface area contributed by atoms with Gasteiger partial charge in [-0.25, -0.2) is 4.39 Å². The molecule has 10 heteroatoms. The van der Waals surface area contributed by atoms with Crippen molar-refractivity contribution in [3.63, 3.8) is 0 Å². The van der Waals surface area contributed by atoms with Crippen LogP contribution in [-0.4, -0.2) is 6.36 Å². The number of halogens is 8. The second kappa shape index (κ2) is 7.49. The average Bonchev–Trinajstić information content (AvgIpc) is 2.44. The maximum Gasteiger partial charge on any atom is 0.573 e. The summed E-state index contributed by atoms with van der Waals surface area (Å²) in [4.78, 5) is 0. The first-order valence-electron chi connectivity index (χ1n) is 6.45. The normalized spacial score (nSPS) is 13.1. The van der Waals surface area contributed by atoms with Crippen LogP contribution in [0.25, 0.3) is 0 Å². The van der Waals surface area contributed by atoms with Crippen LogP contribution in [0.4, 0.5) is 30.7 Å². The van der Waals surface area contributed by atoms with Crippen molar-refractivity contribution in [1.29, 1.82) is 0 Å². The van der Waals surface area contributed by atoms with Gasteiger partial charge in [-0.05, 0) is 41.5 Å². The summed E-state index contributed by atoms with van der Waals surface area (Å²) in [6.07, 6.45) is -9.64. The minimum Gasteiger partial charge on any atom is -0.406 e. The molecule has 0 unspecified atom stereocenters. The lowest BCUT2D eigenvalue weighted by Gasteiger charge is -2.19. The summed E-state index contributed by atoms with van der Waals surface area (Å²) >= 11 is 0. The summed E-state index contributed by atoms with van der Waals surface area (Å²) in [5.41, 5.74) is 4.16. The van der Waals surface area contributed by atoms with E-state index in [1.807, 2.05) is 0 Å². The summed E-state index contributed by atoms with van der Waals surface area (Å²) in [7, 11) is 0. The van der Waals surface area contributed by atoms with E-state index in [-0.39, 0.29) is 18.0 Å². The number of hydrogen-bond donors (Lipinski definition) is 1. The number of ether oxygens (including phenoxy) is 1. The molecule has 2 nitrogen and oxygen atoms in total. The third kappa shape index (κ3) is 5.50. The minimum atomic E-state index is -4.89. The molecule has 0 aliphatic carbocycles. The summed E-state index contributed by atoms with van der Waals surface area (Å²) in [5, 5.41) is 0. The lowest BCUT2D eigenvalue weighted by atomic mass is 9.94. The van der Waals surface area contributed by atoms with Crippen molar-refractivity contribution in [1.82, 2.24) is 0 Å². The molecular formula is C15H11ClF7NO. The van der Waals surface area contributed by atoms with E-state index in [1.54, 1.807) is 0 Å². The Kier molecular flexibility index (Phi) is 6.30. The Morgan fingerprint density at radius 1 is 0.880 bits per heavy atom. The number of nitrogens with two attached hydrogens (primary N) is 1. The van der Waals surface area contributed by atoms with E-state index in [0.29, 0.717) is 18.2 Å². The van der Waals surface area contributed by atoms with Crippen LogP contribution >= 0.6 is 12.4 Å². The zero-order valence-corrected chi connectivity index (χ0v) is 13.0. The van der Waals surface area contributed by atoms with Gasteiger partial charge in [0.15, 0.2) is 0 Å². The highest BCUT2D eigenvalue weighted by Gasteiger charge is 2.35. The molecule has 2 aromatic rings. The van der Waals surface area contributed by atoms with Crippen LogP contribution in [0.1, 0.15) is 22.7 Å². The highest BCUT2D eigenvalue weighted by Crippen LogP contribution is 2.36. The Bertz CT molecular complexity index is 713. The van der Waals surface area contributed by atoms with Gasteiger partial charge in [-0.1, -0.05) is 12.1 Å². The fourth-order valence-electron chi connectivity index (χ4n) is 2.11. The summed E-state index contributed by atoms with van der Waals surface area (Å²) in [6, 6.07) is 4.47. The highest BCUT2D eigenvalue weighted by atomic mass is 35.5. The zero-order chi connectivity index (χ0) is 18.1. The SMILES string of the molecule is Cl.N[C@@H](c1ccc(OC(F)(F)F)cc1)c1cc(F)ccc1C(F)(F)F. The fraction of sp³-hybridized carbons (Fsp3) is 0.200. The van der Waals surface area contributed by atoms with Gasteiger partial charge in [0.1, 0.15) is 11.6 Å². The molecule has 0 bridgehead atoms. The molecule has 2 aromatic carbocycles. The van der Waals surface area contributed by atoms with E-state index in [0.717, 1.165) is 24.3 Å². The highest BCUT2D eigenvalue weighted by molar-refractivity contribution is 5.85. The number of benzene rings is 2. The van der Waals surface area contributed by atoms with Crippen molar-refractivity contribution in [3.05, 3.63) is 65.0 Å². The predicted octanol–water partition coefficient (Wildman–Crippen LogP) is 5.21. The topological polar surface area (TPSA) is 35.2 Å². The Hall–Kier alpha value is -2.00. The first-order valence-corrected chi connectivity index (χ1v) is 6.45. The number of alkyl halides is 6. The van der Waals surface area contributed by atoms with Crippen LogP contribution in [0.5, 0.6) is 5.75 Å². The molecule has 0 saturated heterocycles. The van der Waals surface area contributed by atoms with Gasteiger partial charge in [-0.3, -0.25) is 0 Å².